The summed E-state index contributed by atoms with van der Waals surface area (Å²) in [4.78, 5) is 0. The molecule has 0 fully saturated rings. The normalized spacial score (nSPS) is 8.00. The lowest BCUT2D eigenvalue weighted by atomic mass is 10.2. The molecule has 2 aromatic rings. The minimum absolute atomic E-state index is 0. The molecule has 1 heterocycles. The molecule has 0 N–H and O–H groups in total. The van der Waals surface area contributed by atoms with Crippen molar-refractivity contribution in [2.24, 2.45) is 0 Å². The van der Waals surface area contributed by atoms with Crippen LogP contribution in [0.4, 0.5) is 0 Å². The van der Waals surface area contributed by atoms with Crippen molar-refractivity contribution in [3.8, 4) is 23.0 Å². The lowest BCUT2D eigenvalue weighted by molar-refractivity contribution is 0.359. The molecule has 0 unspecified atom stereocenters. The zero-order chi connectivity index (χ0) is 9.38. The molecule has 2 aromatic carbocycles. The van der Waals surface area contributed by atoms with Crippen molar-refractivity contribution >= 4 is 86.8 Å². The number of rotatable bonds is 0. The second kappa shape index (κ2) is 15.0. The van der Waals surface area contributed by atoms with Gasteiger partial charge in [0.05, 0.1) is 0 Å². The van der Waals surface area contributed by atoms with Crippen molar-refractivity contribution in [1.82, 2.24) is 0 Å². The van der Waals surface area contributed by atoms with Crippen LogP contribution in [0.25, 0.3) is 0 Å². The average Bonchev–Trinajstić information content (AvgIpc) is 2.26. The van der Waals surface area contributed by atoms with E-state index in [1.54, 1.807) is 0 Å². The molecule has 0 atom stereocenters. The molecule has 2 nitrogen and oxygen atoms in total. The number of halogens is 7. The van der Waals surface area contributed by atoms with Gasteiger partial charge in [0, 0.05) is 0 Å². The van der Waals surface area contributed by atoms with Crippen molar-refractivity contribution < 1.29 is 9.47 Å². The van der Waals surface area contributed by atoms with Crippen LogP contribution >= 0.6 is 86.8 Å². The Hall–Kier alpha value is 0.0700. The Kier molecular flexibility index (Phi) is 23.5. The Labute approximate surface area is 167 Å². The summed E-state index contributed by atoms with van der Waals surface area (Å²) in [6.07, 6.45) is 0. The maximum Gasteiger partial charge on any atom is 0.170 e. The first-order valence-corrected chi connectivity index (χ1v) is 4.47. The maximum absolute atomic E-state index is 5.65. The predicted octanol–water partition coefficient (Wildman–Crippen LogP) is 6.54. The van der Waals surface area contributed by atoms with Crippen LogP contribution in [0.1, 0.15) is 0 Å². The Balaban J connectivity index is -0.000000122. The van der Waals surface area contributed by atoms with E-state index in [9.17, 15) is 0 Å². The number of para-hydroxylation sites is 4. The monoisotopic (exact) mass is 436 g/mol. The summed E-state index contributed by atoms with van der Waals surface area (Å²) in [6.45, 7) is 0. The SMILES string of the molecule is Cl.Cl.Cl.Cl.Cl.Cl.Cl.c1ccc2c(c1)Oc1ccccc1O2. The summed E-state index contributed by atoms with van der Waals surface area (Å²) in [5, 5.41) is 0. The lowest BCUT2D eigenvalue weighted by Gasteiger charge is -2.19. The fraction of sp³-hybridized carbons (Fsp3) is 0. The minimum Gasteiger partial charge on any atom is -0.450 e. The van der Waals surface area contributed by atoms with Crippen LogP contribution in [0.5, 0.6) is 23.0 Å². The summed E-state index contributed by atoms with van der Waals surface area (Å²) in [5.74, 6) is 3.08. The van der Waals surface area contributed by atoms with Gasteiger partial charge in [-0.2, -0.15) is 0 Å². The van der Waals surface area contributed by atoms with E-state index in [0.29, 0.717) is 0 Å². The van der Waals surface area contributed by atoms with Crippen LogP contribution in [-0.2, 0) is 0 Å². The maximum atomic E-state index is 5.65. The molecular weight excluding hydrogens is 424 g/mol. The third-order valence-corrected chi connectivity index (χ3v) is 2.14. The molecule has 3 rings (SSSR count). The number of hydrogen-bond acceptors (Lipinski definition) is 2. The first-order valence-electron chi connectivity index (χ1n) is 4.47. The highest BCUT2D eigenvalue weighted by Crippen LogP contribution is 2.44. The minimum atomic E-state index is 0. The van der Waals surface area contributed by atoms with Crippen molar-refractivity contribution in [3.05, 3.63) is 48.5 Å². The first-order chi connectivity index (χ1) is 6.93. The Bertz CT molecular complexity index is 409. The quantitative estimate of drug-likeness (QED) is 0.396. The molecule has 9 heteroatoms. The highest BCUT2D eigenvalue weighted by atomic mass is 35.5. The fourth-order valence-electron chi connectivity index (χ4n) is 1.47. The van der Waals surface area contributed by atoms with Gasteiger partial charge in [-0.1, -0.05) is 24.3 Å². The smallest absolute Gasteiger partial charge is 0.170 e. The molecule has 0 saturated heterocycles. The fourth-order valence-corrected chi connectivity index (χ4v) is 1.47. The third kappa shape index (κ3) is 7.25. The molecule has 1 aliphatic heterocycles. The summed E-state index contributed by atoms with van der Waals surface area (Å²) in [6, 6.07) is 15.3. The molecule has 0 amide bonds. The molecule has 0 saturated carbocycles. The van der Waals surface area contributed by atoms with Crippen LogP contribution < -0.4 is 9.47 Å². The van der Waals surface area contributed by atoms with E-state index in [0.717, 1.165) is 23.0 Å². The molecule has 1 aliphatic rings. The molecule has 0 aliphatic carbocycles. The molecule has 124 valence electrons. The first kappa shape index (κ1) is 32.9. The number of benzene rings is 2. The van der Waals surface area contributed by atoms with Gasteiger partial charge in [0.2, 0.25) is 0 Å². The zero-order valence-electron chi connectivity index (χ0n) is 10.3. The van der Waals surface area contributed by atoms with E-state index < -0.39 is 0 Å². The average molecular weight is 439 g/mol. The second-order valence-corrected chi connectivity index (χ2v) is 3.10. The van der Waals surface area contributed by atoms with Gasteiger partial charge in [-0.25, -0.2) is 0 Å². The van der Waals surface area contributed by atoms with Gasteiger partial charge in [0.25, 0.3) is 0 Å². The van der Waals surface area contributed by atoms with E-state index in [1.165, 1.54) is 0 Å². The van der Waals surface area contributed by atoms with E-state index in [-0.39, 0.29) is 86.8 Å². The molecular formula is C12H15Cl7O2. The molecule has 0 spiro atoms. The van der Waals surface area contributed by atoms with Gasteiger partial charge in [-0.15, -0.1) is 86.8 Å². The molecule has 0 aromatic heterocycles. The number of ether oxygens (including phenoxy) is 2. The standard InChI is InChI=1S/C12H8O2.7ClH/c1-2-6-10-9(5-1)13-11-7-3-4-8-12(11)14-10;;;;;;;/h1-8H;7*1H. The van der Waals surface area contributed by atoms with Crippen LogP contribution in [0, 0.1) is 0 Å². The van der Waals surface area contributed by atoms with Crippen LogP contribution in [-0.4, -0.2) is 0 Å². The topological polar surface area (TPSA) is 18.5 Å². The number of fused-ring (bicyclic) bond motifs is 2. The van der Waals surface area contributed by atoms with E-state index >= 15 is 0 Å². The zero-order valence-corrected chi connectivity index (χ0v) is 16.0. The van der Waals surface area contributed by atoms with Gasteiger partial charge in [0.1, 0.15) is 0 Å². The molecule has 0 radical (unpaired) electrons. The molecule has 21 heavy (non-hydrogen) atoms. The van der Waals surface area contributed by atoms with Crippen LogP contribution in [0.2, 0.25) is 0 Å². The summed E-state index contributed by atoms with van der Waals surface area (Å²) < 4.78 is 11.3. The lowest BCUT2D eigenvalue weighted by Crippen LogP contribution is -1.97. The van der Waals surface area contributed by atoms with Gasteiger partial charge < -0.3 is 9.47 Å². The largest absolute Gasteiger partial charge is 0.450 e. The van der Waals surface area contributed by atoms with E-state index in [1.807, 2.05) is 48.5 Å². The summed E-state index contributed by atoms with van der Waals surface area (Å²) in [5.41, 5.74) is 0. The highest BCUT2D eigenvalue weighted by Gasteiger charge is 2.16. The molecule has 0 bridgehead atoms. The van der Waals surface area contributed by atoms with Crippen molar-refractivity contribution in [1.29, 1.82) is 0 Å². The van der Waals surface area contributed by atoms with Gasteiger partial charge in [-0.05, 0) is 24.3 Å². The van der Waals surface area contributed by atoms with Crippen LogP contribution in [0.3, 0.4) is 0 Å². The third-order valence-electron chi connectivity index (χ3n) is 2.14. The van der Waals surface area contributed by atoms with Crippen molar-refractivity contribution in [2.75, 3.05) is 0 Å². The Morgan fingerprint density at radius 2 is 0.571 bits per heavy atom. The van der Waals surface area contributed by atoms with Crippen LogP contribution in [0.15, 0.2) is 48.5 Å². The van der Waals surface area contributed by atoms with Crippen molar-refractivity contribution in [2.45, 2.75) is 0 Å². The second-order valence-electron chi connectivity index (χ2n) is 3.10. The summed E-state index contributed by atoms with van der Waals surface area (Å²) in [7, 11) is 0. The highest BCUT2D eigenvalue weighted by molar-refractivity contribution is 5.86. The Morgan fingerprint density at radius 3 is 0.762 bits per heavy atom. The van der Waals surface area contributed by atoms with Crippen molar-refractivity contribution in [3.63, 3.8) is 0 Å². The van der Waals surface area contributed by atoms with Gasteiger partial charge in [0.15, 0.2) is 23.0 Å². The summed E-state index contributed by atoms with van der Waals surface area (Å²) >= 11 is 0. The van der Waals surface area contributed by atoms with Gasteiger partial charge >= 0.3 is 0 Å². The van der Waals surface area contributed by atoms with E-state index in [2.05, 4.69) is 0 Å². The predicted molar refractivity (Wildman–Crippen MR) is 104 cm³/mol. The Morgan fingerprint density at radius 1 is 0.381 bits per heavy atom. The van der Waals surface area contributed by atoms with Gasteiger partial charge in [-0.3, -0.25) is 0 Å². The number of hydrogen-bond donors (Lipinski definition) is 0. The van der Waals surface area contributed by atoms with E-state index in [4.69, 9.17) is 9.47 Å².